The monoisotopic (exact) mass is 456 g/mol. The molecule has 34 heavy (non-hydrogen) atoms. The van der Waals surface area contributed by atoms with Gasteiger partial charge in [-0.2, -0.15) is 0 Å². The zero-order valence-electron chi connectivity index (χ0n) is 19.5. The molecular weight excluding hydrogens is 428 g/mol. The molecule has 0 unspecified atom stereocenters. The van der Waals surface area contributed by atoms with Gasteiger partial charge >= 0.3 is 0 Å². The molecule has 7 nitrogen and oxygen atoms in total. The van der Waals surface area contributed by atoms with Gasteiger partial charge < -0.3 is 10.3 Å². The number of hydrogen-bond acceptors (Lipinski definition) is 4. The number of imide groups is 1. The first kappa shape index (κ1) is 21.1. The highest BCUT2D eigenvalue weighted by Crippen LogP contribution is 2.54. The third kappa shape index (κ3) is 2.64. The molecule has 0 aliphatic carbocycles. The molecule has 1 spiro atoms. The number of fused-ring (bicyclic) bond motifs is 5. The first-order valence-corrected chi connectivity index (χ1v) is 12.0. The van der Waals surface area contributed by atoms with Gasteiger partial charge in [0, 0.05) is 40.4 Å². The van der Waals surface area contributed by atoms with E-state index >= 15 is 0 Å². The summed E-state index contributed by atoms with van der Waals surface area (Å²) in [5.41, 5.74) is 3.31. The van der Waals surface area contributed by atoms with E-state index in [0.29, 0.717) is 18.5 Å². The van der Waals surface area contributed by atoms with Crippen molar-refractivity contribution in [3.8, 4) is 0 Å². The Balaban J connectivity index is 1.50. The summed E-state index contributed by atoms with van der Waals surface area (Å²) in [6.07, 6.45) is 3.17. The smallest absolute Gasteiger partial charge is 0.250 e. The standard InChI is InChI=1S/C27H28N4O3/c1-4-15(3)31-24(32)22-21(12-16-13-28-19-8-6-5-7-17(16)19)30-27(23(22)25(31)33)18-11-14(2)9-10-20(18)29-26(27)34/h5-11,13,15,21-23,28,30H,4,12H2,1-3H3,(H,29,34)/t15-,21-,22+,23-,27+/m0/s1. The molecule has 2 aromatic carbocycles. The van der Waals surface area contributed by atoms with Crippen molar-refractivity contribution in [2.75, 3.05) is 5.32 Å². The summed E-state index contributed by atoms with van der Waals surface area (Å²) >= 11 is 0. The lowest BCUT2D eigenvalue weighted by Crippen LogP contribution is -2.54. The van der Waals surface area contributed by atoms with Gasteiger partial charge in [-0.15, -0.1) is 0 Å². The van der Waals surface area contributed by atoms with E-state index in [4.69, 9.17) is 0 Å². The largest absolute Gasteiger partial charge is 0.361 e. The average molecular weight is 457 g/mol. The molecule has 6 rings (SSSR count). The van der Waals surface area contributed by atoms with E-state index in [1.807, 2.05) is 63.4 Å². The number of aromatic amines is 1. The first-order valence-electron chi connectivity index (χ1n) is 12.0. The van der Waals surface area contributed by atoms with Gasteiger partial charge in [-0.1, -0.05) is 42.8 Å². The average Bonchev–Trinajstić information content (AvgIpc) is 3.53. The van der Waals surface area contributed by atoms with E-state index in [1.165, 1.54) is 4.90 Å². The van der Waals surface area contributed by atoms with E-state index in [-0.39, 0.29) is 29.8 Å². The van der Waals surface area contributed by atoms with Gasteiger partial charge in [-0.05, 0) is 44.4 Å². The number of hydrogen-bond donors (Lipinski definition) is 3. The van der Waals surface area contributed by atoms with Gasteiger partial charge in [-0.3, -0.25) is 24.6 Å². The number of H-pyrrole nitrogens is 1. The van der Waals surface area contributed by atoms with E-state index in [0.717, 1.165) is 27.6 Å². The SMILES string of the molecule is CC[C@H](C)N1C(=O)[C@@H]2[C@H](Cc3c[nH]c4ccccc34)N[C@@]3(C(=O)Nc4ccc(C)cc43)[C@@H]2C1=O. The second kappa shape index (κ2) is 7.27. The van der Waals surface area contributed by atoms with Crippen molar-refractivity contribution < 1.29 is 14.4 Å². The molecule has 3 aromatic rings. The predicted octanol–water partition coefficient (Wildman–Crippen LogP) is 3.24. The van der Waals surface area contributed by atoms with Crippen LogP contribution in [0.3, 0.4) is 0 Å². The van der Waals surface area contributed by atoms with Crippen molar-refractivity contribution in [1.29, 1.82) is 0 Å². The maximum atomic E-state index is 13.8. The minimum absolute atomic E-state index is 0.174. The summed E-state index contributed by atoms with van der Waals surface area (Å²) < 4.78 is 0. The minimum Gasteiger partial charge on any atom is -0.361 e. The van der Waals surface area contributed by atoms with Crippen molar-refractivity contribution in [3.05, 3.63) is 65.4 Å². The molecule has 2 saturated heterocycles. The zero-order chi connectivity index (χ0) is 23.8. The van der Waals surface area contributed by atoms with Crippen molar-refractivity contribution >= 4 is 34.3 Å². The maximum absolute atomic E-state index is 13.8. The Morgan fingerprint density at radius 1 is 1.09 bits per heavy atom. The summed E-state index contributed by atoms with van der Waals surface area (Å²) in [6.45, 7) is 5.84. The second-order valence-corrected chi connectivity index (χ2v) is 9.93. The lowest BCUT2D eigenvalue weighted by molar-refractivity contribution is -0.145. The van der Waals surface area contributed by atoms with Gasteiger partial charge in [0.15, 0.2) is 0 Å². The number of benzene rings is 2. The van der Waals surface area contributed by atoms with Crippen LogP contribution >= 0.6 is 0 Å². The maximum Gasteiger partial charge on any atom is 0.250 e. The zero-order valence-corrected chi connectivity index (χ0v) is 19.5. The molecule has 0 radical (unpaired) electrons. The number of likely N-dealkylation sites (tertiary alicyclic amines) is 1. The number of nitrogens with one attached hydrogen (secondary N) is 3. The Hall–Kier alpha value is -3.45. The third-order valence-corrected chi connectivity index (χ3v) is 8.05. The number of amides is 3. The number of para-hydroxylation sites is 1. The quantitative estimate of drug-likeness (QED) is 0.526. The Bertz CT molecular complexity index is 1360. The van der Waals surface area contributed by atoms with Crippen molar-refractivity contribution in [2.24, 2.45) is 11.8 Å². The van der Waals surface area contributed by atoms with Crippen molar-refractivity contribution in [1.82, 2.24) is 15.2 Å². The number of aromatic nitrogens is 1. The Labute approximate surface area is 197 Å². The van der Waals surface area contributed by atoms with E-state index < -0.39 is 17.4 Å². The number of carbonyl (C=O) groups is 3. The fourth-order valence-electron chi connectivity index (χ4n) is 6.27. The lowest BCUT2D eigenvalue weighted by Gasteiger charge is -2.31. The first-order chi connectivity index (χ1) is 16.4. The fraction of sp³-hybridized carbons (Fsp3) is 0.370. The van der Waals surface area contributed by atoms with Crippen LogP contribution in [0.4, 0.5) is 5.69 Å². The van der Waals surface area contributed by atoms with Crippen LogP contribution in [0.5, 0.6) is 0 Å². The molecule has 2 fully saturated rings. The molecule has 174 valence electrons. The molecule has 3 aliphatic rings. The normalized spacial score (nSPS) is 28.6. The van der Waals surface area contributed by atoms with E-state index in [2.05, 4.69) is 21.7 Å². The molecule has 0 bridgehead atoms. The third-order valence-electron chi connectivity index (χ3n) is 8.05. The van der Waals surface area contributed by atoms with Crippen LogP contribution in [0.25, 0.3) is 10.9 Å². The van der Waals surface area contributed by atoms with Gasteiger partial charge in [0.05, 0.1) is 11.8 Å². The van der Waals surface area contributed by atoms with Crippen LogP contribution in [0.15, 0.2) is 48.7 Å². The predicted molar refractivity (Wildman–Crippen MR) is 129 cm³/mol. The van der Waals surface area contributed by atoms with Gasteiger partial charge in [0.25, 0.3) is 0 Å². The molecule has 3 aliphatic heterocycles. The molecule has 3 N–H and O–H groups in total. The second-order valence-electron chi connectivity index (χ2n) is 9.93. The molecule has 0 saturated carbocycles. The number of nitrogens with zero attached hydrogens (tertiary/aromatic N) is 1. The number of carbonyl (C=O) groups excluding carboxylic acids is 3. The van der Waals surface area contributed by atoms with Crippen LogP contribution in [0, 0.1) is 18.8 Å². The van der Waals surface area contributed by atoms with Crippen molar-refractivity contribution in [2.45, 2.75) is 51.2 Å². The number of aryl methyl sites for hydroxylation is 1. The molecule has 7 heteroatoms. The van der Waals surface area contributed by atoms with Gasteiger partial charge in [0.2, 0.25) is 17.7 Å². The molecule has 3 amide bonds. The van der Waals surface area contributed by atoms with Gasteiger partial charge in [0.1, 0.15) is 5.54 Å². The number of rotatable bonds is 4. The van der Waals surface area contributed by atoms with Crippen molar-refractivity contribution in [3.63, 3.8) is 0 Å². The van der Waals surface area contributed by atoms with E-state index in [9.17, 15) is 14.4 Å². The van der Waals surface area contributed by atoms with Crippen LogP contribution in [-0.4, -0.2) is 39.7 Å². The number of anilines is 1. The molecule has 4 heterocycles. The van der Waals surface area contributed by atoms with Crippen LogP contribution in [0.1, 0.15) is 37.0 Å². The molecular formula is C27H28N4O3. The summed E-state index contributed by atoms with van der Waals surface area (Å²) in [5, 5.41) is 7.62. The summed E-state index contributed by atoms with van der Waals surface area (Å²) in [6, 6.07) is 13.3. The summed E-state index contributed by atoms with van der Waals surface area (Å²) in [5.74, 6) is -2.05. The van der Waals surface area contributed by atoms with Crippen LogP contribution < -0.4 is 10.6 Å². The Morgan fingerprint density at radius 2 is 1.88 bits per heavy atom. The minimum atomic E-state index is -1.25. The highest BCUT2D eigenvalue weighted by molar-refractivity contribution is 6.15. The highest BCUT2D eigenvalue weighted by atomic mass is 16.2. The van der Waals surface area contributed by atoms with Gasteiger partial charge in [-0.25, -0.2) is 0 Å². The topological polar surface area (TPSA) is 94.3 Å². The Kier molecular flexibility index (Phi) is 4.51. The summed E-state index contributed by atoms with van der Waals surface area (Å²) in [7, 11) is 0. The lowest BCUT2D eigenvalue weighted by atomic mass is 9.76. The summed E-state index contributed by atoms with van der Waals surface area (Å²) in [4.78, 5) is 45.9. The Morgan fingerprint density at radius 3 is 2.68 bits per heavy atom. The van der Waals surface area contributed by atoms with E-state index in [1.54, 1.807) is 0 Å². The van der Waals surface area contributed by atoms with Crippen LogP contribution in [-0.2, 0) is 26.3 Å². The highest BCUT2D eigenvalue weighted by Gasteiger charge is 2.70. The molecule has 5 atom stereocenters. The molecule has 1 aromatic heterocycles. The fourth-order valence-corrected chi connectivity index (χ4v) is 6.27. The van der Waals surface area contributed by atoms with Crippen LogP contribution in [0.2, 0.25) is 0 Å².